The van der Waals surface area contributed by atoms with E-state index in [9.17, 15) is 4.79 Å². The molecule has 1 N–H and O–H groups in total. The van der Waals surface area contributed by atoms with E-state index < -0.39 is 6.09 Å². The van der Waals surface area contributed by atoms with Gasteiger partial charge in [0.2, 0.25) is 11.7 Å². The van der Waals surface area contributed by atoms with Crippen LogP contribution in [0.3, 0.4) is 0 Å². The number of piperidine rings is 1. The summed E-state index contributed by atoms with van der Waals surface area (Å²) < 4.78 is 10.7. The average molecular weight is 277 g/mol. The fourth-order valence-electron chi connectivity index (χ4n) is 2.41. The lowest BCUT2D eigenvalue weighted by Crippen LogP contribution is -2.38. The smallest absolute Gasteiger partial charge is 0.407 e. The lowest BCUT2D eigenvalue weighted by molar-refractivity contribution is 0.126. The molecular weight excluding hydrogens is 262 g/mol. The van der Waals surface area contributed by atoms with Crippen molar-refractivity contribution in [3.05, 3.63) is 23.8 Å². The number of carboxylic acid groups (broad SMARTS) is 1. The summed E-state index contributed by atoms with van der Waals surface area (Å²) in [5.41, 5.74) is 0. The number of nitrogens with zero attached hydrogens (tertiary/aromatic N) is 3. The molecule has 0 unspecified atom stereocenters. The molecule has 1 amide bonds. The first-order chi connectivity index (χ1) is 9.63. The third kappa shape index (κ3) is 2.38. The van der Waals surface area contributed by atoms with Crippen LogP contribution in [0.2, 0.25) is 0 Å². The van der Waals surface area contributed by atoms with Crippen LogP contribution in [0.5, 0.6) is 0 Å². The van der Waals surface area contributed by atoms with E-state index >= 15 is 0 Å². The van der Waals surface area contributed by atoms with Crippen molar-refractivity contribution in [1.29, 1.82) is 0 Å². The summed E-state index contributed by atoms with van der Waals surface area (Å²) in [5.74, 6) is 2.17. The number of rotatable bonds is 2. The lowest BCUT2D eigenvalue weighted by atomic mass is 9.98. The number of carbonyl (C=O) groups is 1. The molecule has 0 radical (unpaired) electrons. The minimum atomic E-state index is -0.906. The summed E-state index contributed by atoms with van der Waals surface area (Å²) >= 11 is 0. The van der Waals surface area contributed by atoms with Crippen molar-refractivity contribution in [1.82, 2.24) is 15.0 Å². The lowest BCUT2D eigenvalue weighted by Gasteiger charge is -2.28. The molecule has 0 aromatic carbocycles. The summed E-state index contributed by atoms with van der Waals surface area (Å²) in [6.07, 6.45) is 0.744. The molecule has 0 spiro atoms. The van der Waals surface area contributed by atoms with Crippen LogP contribution in [-0.2, 0) is 0 Å². The maximum Gasteiger partial charge on any atom is 0.407 e. The molecule has 1 fully saturated rings. The Kier molecular flexibility index (Phi) is 3.17. The van der Waals surface area contributed by atoms with Crippen LogP contribution in [0.15, 0.2) is 21.1 Å². The highest BCUT2D eigenvalue weighted by Crippen LogP contribution is 2.28. The van der Waals surface area contributed by atoms with Gasteiger partial charge >= 0.3 is 6.09 Å². The number of likely N-dealkylation sites (tertiary alicyclic amines) is 1. The Bertz CT molecular complexity index is 619. The molecule has 106 valence electrons. The highest BCUT2D eigenvalue weighted by Gasteiger charge is 2.28. The second-order valence-corrected chi connectivity index (χ2v) is 4.93. The Morgan fingerprint density at radius 2 is 2.35 bits per heavy atom. The Balaban J connectivity index is 1.78. The Morgan fingerprint density at radius 1 is 1.50 bits per heavy atom. The molecule has 1 saturated heterocycles. The number of aromatic nitrogens is 2. The molecule has 7 heteroatoms. The van der Waals surface area contributed by atoms with E-state index in [0.717, 1.165) is 18.6 Å². The van der Waals surface area contributed by atoms with E-state index in [1.807, 2.05) is 13.0 Å². The van der Waals surface area contributed by atoms with Gasteiger partial charge in [-0.05, 0) is 31.9 Å². The largest absolute Gasteiger partial charge is 0.465 e. The maximum atomic E-state index is 11.0. The van der Waals surface area contributed by atoms with Gasteiger partial charge in [0.15, 0.2) is 5.76 Å². The fraction of sp³-hybridized carbons (Fsp3) is 0.462. The fourth-order valence-corrected chi connectivity index (χ4v) is 2.41. The SMILES string of the molecule is Cc1ccc(-c2noc([C@H]3CCCN(C(=O)O)C3)n2)o1. The number of furan rings is 1. The van der Waals surface area contributed by atoms with E-state index in [-0.39, 0.29) is 5.92 Å². The van der Waals surface area contributed by atoms with Gasteiger partial charge in [-0.2, -0.15) is 4.98 Å². The first-order valence-electron chi connectivity index (χ1n) is 6.52. The van der Waals surface area contributed by atoms with Gasteiger partial charge in [0.1, 0.15) is 5.76 Å². The van der Waals surface area contributed by atoms with Crippen LogP contribution in [0.4, 0.5) is 4.79 Å². The van der Waals surface area contributed by atoms with Crippen molar-refractivity contribution in [3.8, 4) is 11.6 Å². The van der Waals surface area contributed by atoms with Crippen molar-refractivity contribution in [2.45, 2.75) is 25.7 Å². The molecule has 20 heavy (non-hydrogen) atoms. The maximum absolute atomic E-state index is 11.0. The molecule has 3 heterocycles. The van der Waals surface area contributed by atoms with Crippen LogP contribution in [-0.4, -0.2) is 39.3 Å². The van der Waals surface area contributed by atoms with Gasteiger partial charge in [-0.15, -0.1) is 0 Å². The Hall–Kier alpha value is -2.31. The third-order valence-electron chi connectivity index (χ3n) is 3.44. The summed E-state index contributed by atoms with van der Waals surface area (Å²) in [7, 11) is 0. The second kappa shape index (κ2) is 4.99. The average Bonchev–Trinajstić information content (AvgIpc) is 3.07. The summed E-state index contributed by atoms with van der Waals surface area (Å²) in [4.78, 5) is 16.7. The molecule has 0 aliphatic carbocycles. The molecular formula is C13H15N3O4. The van der Waals surface area contributed by atoms with Crippen molar-refractivity contribution in [2.75, 3.05) is 13.1 Å². The molecule has 3 rings (SSSR count). The van der Waals surface area contributed by atoms with E-state index in [2.05, 4.69) is 10.1 Å². The number of aryl methyl sites for hydroxylation is 1. The van der Waals surface area contributed by atoms with Gasteiger partial charge in [0.05, 0.1) is 5.92 Å². The molecule has 0 bridgehead atoms. The first kappa shape index (κ1) is 12.7. The highest BCUT2D eigenvalue weighted by molar-refractivity contribution is 5.65. The van der Waals surface area contributed by atoms with E-state index in [1.165, 1.54) is 4.90 Å². The zero-order valence-electron chi connectivity index (χ0n) is 11.1. The molecule has 1 atom stereocenters. The summed E-state index contributed by atoms with van der Waals surface area (Å²) in [6, 6.07) is 3.62. The summed E-state index contributed by atoms with van der Waals surface area (Å²) in [6.45, 7) is 2.80. The van der Waals surface area contributed by atoms with E-state index in [0.29, 0.717) is 30.6 Å². The second-order valence-electron chi connectivity index (χ2n) is 4.93. The molecule has 1 aliphatic heterocycles. The first-order valence-corrected chi connectivity index (χ1v) is 6.52. The van der Waals surface area contributed by atoms with Gasteiger partial charge in [0.25, 0.3) is 0 Å². The molecule has 1 aliphatic rings. The normalized spacial score (nSPS) is 19.2. The number of amides is 1. The van der Waals surface area contributed by atoms with Crippen LogP contribution < -0.4 is 0 Å². The number of hydrogen-bond donors (Lipinski definition) is 1. The zero-order valence-corrected chi connectivity index (χ0v) is 11.1. The monoisotopic (exact) mass is 277 g/mol. The van der Waals surface area contributed by atoms with Crippen molar-refractivity contribution >= 4 is 6.09 Å². The van der Waals surface area contributed by atoms with Gasteiger partial charge in [-0.1, -0.05) is 5.16 Å². The van der Waals surface area contributed by atoms with Crippen LogP contribution in [0, 0.1) is 6.92 Å². The van der Waals surface area contributed by atoms with Crippen LogP contribution in [0.25, 0.3) is 11.6 Å². The molecule has 2 aromatic heterocycles. The minimum Gasteiger partial charge on any atom is -0.465 e. The molecule has 7 nitrogen and oxygen atoms in total. The van der Waals surface area contributed by atoms with Crippen molar-refractivity contribution in [2.24, 2.45) is 0 Å². The standard InChI is InChI=1S/C13H15N3O4/c1-8-4-5-10(19-8)11-14-12(20-15-11)9-3-2-6-16(7-9)13(17)18/h4-5,9H,2-3,6-7H2,1H3,(H,17,18)/t9-/m0/s1. The number of hydrogen-bond acceptors (Lipinski definition) is 5. The predicted octanol–water partition coefficient (Wildman–Crippen LogP) is 2.50. The van der Waals surface area contributed by atoms with Gasteiger partial charge in [-0.25, -0.2) is 4.79 Å². The minimum absolute atomic E-state index is 0.0443. The predicted molar refractivity (Wildman–Crippen MR) is 68.3 cm³/mol. The quantitative estimate of drug-likeness (QED) is 0.906. The van der Waals surface area contributed by atoms with Gasteiger partial charge in [-0.3, -0.25) is 0 Å². The van der Waals surface area contributed by atoms with Crippen LogP contribution >= 0.6 is 0 Å². The van der Waals surface area contributed by atoms with Crippen molar-refractivity contribution in [3.63, 3.8) is 0 Å². The van der Waals surface area contributed by atoms with E-state index in [1.54, 1.807) is 6.07 Å². The van der Waals surface area contributed by atoms with E-state index in [4.69, 9.17) is 14.0 Å². The Morgan fingerprint density at radius 3 is 3.05 bits per heavy atom. The molecule has 2 aromatic rings. The topological polar surface area (TPSA) is 92.6 Å². The Labute approximate surface area is 115 Å². The highest BCUT2D eigenvalue weighted by atomic mass is 16.5. The zero-order chi connectivity index (χ0) is 14.1. The molecule has 0 saturated carbocycles. The third-order valence-corrected chi connectivity index (χ3v) is 3.44. The van der Waals surface area contributed by atoms with Gasteiger partial charge in [0, 0.05) is 13.1 Å². The van der Waals surface area contributed by atoms with Crippen LogP contribution in [0.1, 0.15) is 30.4 Å². The summed E-state index contributed by atoms with van der Waals surface area (Å²) in [5, 5.41) is 12.9. The van der Waals surface area contributed by atoms with Crippen molar-refractivity contribution < 1.29 is 18.8 Å². The van der Waals surface area contributed by atoms with Gasteiger partial charge < -0.3 is 18.9 Å².